The quantitative estimate of drug-likeness (QED) is 0.551. The molecule has 0 bridgehead atoms. The fourth-order valence-corrected chi connectivity index (χ4v) is 4.55. The molecule has 2 fully saturated rings. The highest BCUT2D eigenvalue weighted by Crippen LogP contribution is 2.36. The van der Waals surface area contributed by atoms with Gasteiger partial charge in [-0.1, -0.05) is 12.1 Å². The van der Waals surface area contributed by atoms with Crippen LogP contribution in [0.2, 0.25) is 0 Å². The SMILES string of the molecule is CCOc1ccc(C2(CN=C(N)N3CCN(c4ccc(F)cc4)CC3)CCOCC2)cc1. The van der Waals surface area contributed by atoms with E-state index in [-0.39, 0.29) is 11.2 Å². The Morgan fingerprint density at radius 1 is 1.03 bits per heavy atom. The van der Waals surface area contributed by atoms with E-state index < -0.39 is 0 Å². The van der Waals surface area contributed by atoms with Crippen LogP contribution in [0.25, 0.3) is 0 Å². The number of nitrogens with zero attached hydrogens (tertiary/aromatic N) is 3. The van der Waals surface area contributed by atoms with Gasteiger partial charge >= 0.3 is 0 Å². The van der Waals surface area contributed by atoms with Gasteiger partial charge in [-0.15, -0.1) is 0 Å². The predicted octanol–water partition coefficient (Wildman–Crippen LogP) is 3.41. The molecule has 2 aromatic rings. The molecule has 0 radical (unpaired) electrons. The second-order valence-corrected chi connectivity index (χ2v) is 8.48. The van der Waals surface area contributed by atoms with Crippen LogP contribution in [0.4, 0.5) is 10.1 Å². The largest absolute Gasteiger partial charge is 0.494 e. The van der Waals surface area contributed by atoms with E-state index in [1.165, 1.54) is 17.7 Å². The number of aliphatic imine (C=N–C) groups is 1. The van der Waals surface area contributed by atoms with Crippen molar-refractivity contribution in [2.24, 2.45) is 10.7 Å². The van der Waals surface area contributed by atoms with E-state index >= 15 is 0 Å². The van der Waals surface area contributed by atoms with Gasteiger partial charge < -0.3 is 25.0 Å². The topological polar surface area (TPSA) is 63.3 Å². The third kappa shape index (κ3) is 5.15. The van der Waals surface area contributed by atoms with E-state index in [9.17, 15) is 4.39 Å². The standard InChI is InChI=1S/C25H33FN4O2/c1-2-32-23-9-3-20(4-10-23)25(11-17-31-18-12-25)19-28-24(27)30-15-13-29(14-16-30)22-7-5-21(26)6-8-22/h3-10H,2,11-19H2,1H3,(H2,27,28). The fraction of sp³-hybridized carbons (Fsp3) is 0.480. The fourth-order valence-electron chi connectivity index (χ4n) is 4.55. The predicted molar refractivity (Wildman–Crippen MR) is 126 cm³/mol. The van der Waals surface area contributed by atoms with Crippen molar-refractivity contribution in [3.8, 4) is 5.75 Å². The van der Waals surface area contributed by atoms with E-state index in [4.69, 9.17) is 20.2 Å². The third-order valence-electron chi connectivity index (χ3n) is 6.57. The van der Waals surface area contributed by atoms with Gasteiger partial charge in [0, 0.05) is 50.5 Å². The van der Waals surface area contributed by atoms with Crippen molar-refractivity contribution in [3.63, 3.8) is 0 Å². The van der Waals surface area contributed by atoms with Gasteiger partial charge in [0.2, 0.25) is 0 Å². The molecule has 0 unspecified atom stereocenters. The number of benzene rings is 2. The van der Waals surface area contributed by atoms with Gasteiger partial charge in [-0.25, -0.2) is 4.39 Å². The Morgan fingerprint density at radius 3 is 2.31 bits per heavy atom. The van der Waals surface area contributed by atoms with Crippen molar-refractivity contribution in [1.82, 2.24) is 4.90 Å². The minimum atomic E-state index is -0.210. The highest BCUT2D eigenvalue weighted by atomic mass is 19.1. The van der Waals surface area contributed by atoms with Crippen molar-refractivity contribution in [3.05, 3.63) is 59.9 Å². The first-order valence-corrected chi connectivity index (χ1v) is 11.5. The smallest absolute Gasteiger partial charge is 0.191 e. The summed E-state index contributed by atoms with van der Waals surface area (Å²) in [4.78, 5) is 9.25. The molecule has 2 N–H and O–H groups in total. The van der Waals surface area contributed by atoms with Crippen LogP contribution >= 0.6 is 0 Å². The normalized spacial score (nSPS) is 19.1. The molecule has 2 aliphatic rings. The third-order valence-corrected chi connectivity index (χ3v) is 6.57. The van der Waals surface area contributed by atoms with Gasteiger partial charge in [0.05, 0.1) is 13.2 Å². The van der Waals surface area contributed by atoms with Crippen LogP contribution in [-0.2, 0) is 10.2 Å². The van der Waals surface area contributed by atoms with Gasteiger partial charge in [-0.2, -0.15) is 0 Å². The molecule has 2 aliphatic heterocycles. The second kappa shape index (κ2) is 10.2. The molecule has 32 heavy (non-hydrogen) atoms. The molecule has 172 valence electrons. The Balaban J connectivity index is 1.41. The number of piperazine rings is 1. The van der Waals surface area contributed by atoms with E-state index in [1.807, 2.05) is 31.2 Å². The number of nitrogens with two attached hydrogens (primary N) is 1. The summed E-state index contributed by atoms with van der Waals surface area (Å²) < 4.78 is 24.4. The van der Waals surface area contributed by atoms with Crippen molar-refractivity contribution < 1.29 is 13.9 Å². The van der Waals surface area contributed by atoms with Gasteiger partial charge in [0.15, 0.2) is 5.96 Å². The molecular weight excluding hydrogens is 407 g/mol. The molecule has 0 amide bonds. The van der Waals surface area contributed by atoms with Gasteiger partial charge in [-0.3, -0.25) is 4.99 Å². The molecule has 0 spiro atoms. The maximum atomic E-state index is 13.2. The lowest BCUT2D eigenvalue weighted by molar-refractivity contribution is 0.0530. The molecular formula is C25H33FN4O2. The first kappa shape index (κ1) is 22.4. The summed E-state index contributed by atoms with van der Waals surface area (Å²) in [7, 11) is 0. The molecule has 0 saturated carbocycles. The molecule has 2 heterocycles. The van der Waals surface area contributed by atoms with Crippen LogP contribution in [0, 0.1) is 5.82 Å². The van der Waals surface area contributed by atoms with Crippen LogP contribution in [0.3, 0.4) is 0 Å². The molecule has 0 atom stereocenters. The minimum Gasteiger partial charge on any atom is -0.494 e. The highest BCUT2D eigenvalue weighted by Gasteiger charge is 2.34. The van der Waals surface area contributed by atoms with E-state index in [0.717, 1.165) is 63.7 Å². The van der Waals surface area contributed by atoms with Crippen LogP contribution in [-0.4, -0.2) is 63.4 Å². The molecule has 2 aromatic carbocycles. The molecule has 2 saturated heterocycles. The summed E-state index contributed by atoms with van der Waals surface area (Å²) in [6, 6.07) is 15.1. The maximum Gasteiger partial charge on any atom is 0.191 e. The van der Waals surface area contributed by atoms with Gasteiger partial charge in [-0.05, 0) is 61.7 Å². The van der Waals surface area contributed by atoms with Gasteiger partial charge in [0.1, 0.15) is 11.6 Å². The Kier molecular flexibility index (Phi) is 7.15. The Labute approximate surface area is 189 Å². The van der Waals surface area contributed by atoms with E-state index in [0.29, 0.717) is 19.1 Å². The molecule has 7 heteroatoms. The number of halogens is 1. The summed E-state index contributed by atoms with van der Waals surface area (Å²) in [6.45, 7) is 8.03. The van der Waals surface area contributed by atoms with Crippen molar-refractivity contribution in [1.29, 1.82) is 0 Å². The first-order chi connectivity index (χ1) is 15.6. The average Bonchev–Trinajstić information content (AvgIpc) is 2.84. The number of hydrogen-bond donors (Lipinski definition) is 1. The lowest BCUT2D eigenvalue weighted by Crippen LogP contribution is -2.51. The Hall–Kier alpha value is -2.80. The lowest BCUT2D eigenvalue weighted by atomic mass is 9.74. The van der Waals surface area contributed by atoms with Crippen molar-refractivity contribution in [2.75, 3.05) is 57.4 Å². The number of guanidine groups is 1. The zero-order chi connectivity index (χ0) is 22.4. The molecule has 6 nitrogen and oxygen atoms in total. The summed E-state index contributed by atoms with van der Waals surface area (Å²) in [5.74, 6) is 1.28. The molecule has 0 aromatic heterocycles. The average molecular weight is 441 g/mol. The highest BCUT2D eigenvalue weighted by molar-refractivity contribution is 5.78. The second-order valence-electron chi connectivity index (χ2n) is 8.48. The zero-order valence-corrected chi connectivity index (χ0v) is 18.8. The zero-order valence-electron chi connectivity index (χ0n) is 18.8. The monoisotopic (exact) mass is 440 g/mol. The summed E-state index contributed by atoms with van der Waals surface area (Å²) in [5.41, 5.74) is 8.67. The van der Waals surface area contributed by atoms with Crippen molar-refractivity contribution >= 4 is 11.6 Å². The Bertz CT molecular complexity index is 887. The number of rotatable bonds is 6. The molecule has 4 rings (SSSR count). The van der Waals surface area contributed by atoms with Crippen LogP contribution in [0.15, 0.2) is 53.5 Å². The number of ether oxygens (including phenoxy) is 2. The van der Waals surface area contributed by atoms with E-state index in [2.05, 4.69) is 21.9 Å². The summed E-state index contributed by atoms with van der Waals surface area (Å²) >= 11 is 0. The number of anilines is 1. The van der Waals surface area contributed by atoms with Gasteiger partial charge in [0.25, 0.3) is 0 Å². The summed E-state index contributed by atoms with van der Waals surface area (Å²) in [5, 5.41) is 0. The minimum absolute atomic E-state index is 0.0659. The Morgan fingerprint density at radius 2 is 1.69 bits per heavy atom. The van der Waals surface area contributed by atoms with Crippen LogP contribution in [0.5, 0.6) is 5.75 Å². The van der Waals surface area contributed by atoms with E-state index in [1.54, 1.807) is 0 Å². The number of hydrogen-bond acceptors (Lipinski definition) is 4. The summed E-state index contributed by atoms with van der Waals surface area (Å²) in [6.07, 6.45) is 1.85. The lowest BCUT2D eigenvalue weighted by Gasteiger charge is -2.38. The maximum absolute atomic E-state index is 13.2. The first-order valence-electron chi connectivity index (χ1n) is 11.5. The van der Waals surface area contributed by atoms with Crippen LogP contribution < -0.4 is 15.4 Å². The van der Waals surface area contributed by atoms with Crippen molar-refractivity contribution in [2.45, 2.75) is 25.2 Å². The molecule has 0 aliphatic carbocycles. The van der Waals surface area contributed by atoms with Crippen LogP contribution in [0.1, 0.15) is 25.3 Å².